The number of carbonyl (C=O) groups is 2. The second-order valence-corrected chi connectivity index (χ2v) is 6.23. The van der Waals surface area contributed by atoms with E-state index in [4.69, 9.17) is 9.47 Å². The number of ketones is 1. The fraction of sp³-hybridized carbons (Fsp3) is 0.300. The van der Waals surface area contributed by atoms with E-state index < -0.39 is 0 Å². The summed E-state index contributed by atoms with van der Waals surface area (Å²) in [6.07, 6.45) is 0.418. The number of aryl methyl sites for hydroxylation is 1. The lowest BCUT2D eigenvalue weighted by molar-refractivity contribution is -0.130. The highest BCUT2D eigenvalue weighted by molar-refractivity contribution is 5.97. The van der Waals surface area contributed by atoms with Crippen molar-refractivity contribution in [2.24, 2.45) is 0 Å². The van der Waals surface area contributed by atoms with Gasteiger partial charge in [0.05, 0.1) is 0 Å². The van der Waals surface area contributed by atoms with Crippen molar-refractivity contribution in [2.45, 2.75) is 26.3 Å². The van der Waals surface area contributed by atoms with Gasteiger partial charge in [-0.1, -0.05) is 35.9 Å². The molecule has 2 aromatic rings. The SMILES string of the molecule is Cc1ccc(C(=O)CCC(=O)N(C)Cc2ccc3c(c2)OCO3)cc1. The smallest absolute Gasteiger partial charge is 0.231 e. The summed E-state index contributed by atoms with van der Waals surface area (Å²) >= 11 is 0. The molecule has 1 heterocycles. The van der Waals surface area contributed by atoms with Gasteiger partial charge in [0.2, 0.25) is 12.7 Å². The Hall–Kier alpha value is -2.82. The highest BCUT2D eigenvalue weighted by Crippen LogP contribution is 2.32. The Morgan fingerprint density at radius 2 is 1.72 bits per heavy atom. The van der Waals surface area contributed by atoms with Crippen LogP contribution in [-0.4, -0.2) is 30.4 Å². The van der Waals surface area contributed by atoms with Crippen LogP contribution < -0.4 is 9.47 Å². The van der Waals surface area contributed by atoms with Crippen molar-refractivity contribution < 1.29 is 19.1 Å². The van der Waals surface area contributed by atoms with E-state index in [9.17, 15) is 9.59 Å². The zero-order valence-electron chi connectivity index (χ0n) is 14.5. The molecular formula is C20H21NO4. The molecule has 5 heteroatoms. The van der Waals surface area contributed by atoms with Crippen molar-refractivity contribution in [3.8, 4) is 11.5 Å². The van der Waals surface area contributed by atoms with Gasteiger partial charge in [-0.3, -0.25) is 9.59 Å². The van der Waals surface area contributed by atoms with E-state index in [0.29, 0.717) is 17.9 Å². The molecule has 0 spiro atoms. The summed E-state index contributed by atoms with van der Waals surface area (Å²) in [7, 11) is 1.74. The van der Waals surface area contributed by atoms with Crippen LogP contribution in [0.25, 0.3) is 0 Å². The van der Waals surface area contributed by atoms with Gasteiger partial charge < -0.3 is 14.4 Å². The van der Waals surface area contributed by atoms with Crippen LogP contribution in [0.3, 0.4) is 0 Å². The lowest BCUT2D eigenvalue weighted by Crippen LogP contribution is -2.26. The van der Waals surface area contributed by atoms with Crippen LogP contribution >= 0.6 is 0 Å². The largest absolute Gasteiger partial charge is 0.454 e. The molecule has 3 rings (SSSR count). The van der Waals surface area contributed by atoms with Crippen molar-refractivity contribution >= 4 is 11.7 Å². The zero-order chi connectivity index (χ0) is 17.8. The average molecular weight is 339 g/mol. The fourth-order valence-electron chi connectivity index (χ4n) is 2.70. The van der Waals surface area contributed by atoms with Gasteiger partial charge in [-0.2, -0.15) is 0 Å². The summed E-state index contributed by atoms with van der Waals surface area (Å²) in [5.41, 5.74) is 2.72. The Balaban J connectivity index is 1.52. The van der Waals surface area contributed by atoms with Gasteiger partial charge in [-0.15, -0.1) is 0 Å². The van der Waals surface area contributed by atoms with Crippen LogP contribution in [0.5, 0.6) is 11.5 Å². The summed E-state index contributed by atoms with van der Waals surface area (Å²) in [6, 6.07) is 13.0. The van der Waals surface area contributed by atoms with Gasteiger partial charge in [-0.05, 0) is 24.6 Å². The molecule has 0 bridgehead atoms. The Kier molecular flexibility index (Phi) is 5.03. The molecule has 0 fully saturated rings. The first kappa shape index (κ1) is 17.0. The number of fused-ring (bicyclic) bond motifs is 1. The first-order valence-electron chi connectivity index (χ1n) is 8.25. The number of ether oxygens (including phenoxy) is 2. The van der Waals surface area contributed by atoms with Crippen molar-refractivity contribution in [2.75, 3.05) is 13.8 Å². The molecule has 1 aliphatic heterocycles. The topological polar surface area (TPSA) is 55.8 Å². The molecule has 0 unspecified atom stereocenters. The Bertz CT molecular complexity index is 783. The van der Waals surface area contributed by atoms with Crippen LogP contribution in [0.4, 0.5) is 0 Å². The Morgan fingerprint density at radius 3 is 2.48 bits per heavy atom. The molecule has 0 N–H and O–H groups in total. The Morgan fingerprint density at radius 1 is 1.00 bits per heavy atom. The van der Waals surface area contributed by atoms with Crippen LogP contribution in [-0.2, 0) is 11.3 Å². The van der Waals surface area contributed by atoms with Crippen LogP contribution in [0, 0.1) is 6.92 Å². The third kappa shape index (κ3) is 4.18. The van der Waals surface area contributed by atoms with Gasteiger partial charge in [0.15, 0.2) is 17.3 Å². The summed E-state index contributed by atoms with van der Waals surface area (Å²) in [4.78, 5) is 26.1. The maximum Gasteiger partial charge on any atom is 0.231 e. The average Bonchev–Trinajstić information content (AvgIpc) is 3.07. The maximum atomic E-state index is 12.3. The van der Waals surface area contributed by atoms with Gasteiger partial charge >= 0.3 is 0 Å². The molecule has 5 nitrogen and oxygen atoms in total. The Labute approximate surface area is 147 Å². The molecule has 0 saturated heterocycles. The van der Waals surface area contributed by atoms with Crippen LogP contribution in [0.15, 0.2) is 42.5 Å². The normalized spacial score (nSPS) is 12.1. The van der Waals surface area contributed by atoms with E-state index in [1.807, 2.05) is 37.3 Å². The number of hydrogen-bond donors (Lipinski definition) is 0. The number of amides is 1. The quantitative estimate of drug-likeness (QED) is 0.758. The second kappa shape index (κ2) is 7.38. The molecule has 1 amide bonds. The van der Waals surface area contributed by atoms with Gasteiger partial charge in [0.1, 0.15) is 0 Å². The van der Waals surface area contributed by atoms with E-state index >= 15 is 0 Å². The third-order valence-electron chi connectivity index (χ3n) is 4.22. The molecule has 0 aliphatic carbocycles. The molecular weight excluding hydrogens is 318 g/mol. The lowest BCUT2D eigenvalue weighted by atomic mass is 10.0. The van der Waals surface area contributed by atoms with Crippen molar-refractivity contribution in [3.63, 3.8) is 0 Å². The maximum absolute atomic E-state index is 12.3. The van der Waals surface area contributed by atoms with Crippen molar-refractivity contribution in [1.82, 2.24) is 4.90 Å². The minimum Gasteiger partial charge on any atom is -0.454 e. The summed E-state index contributed by atoms with van der Waals surface area (Å²) < 4.78 is 10.6. The molecule has 2 aromatic carbocycles. The minimum absolute atomic E-state index is 0.00942. The zero-order valence-corrected chi connectivity index (χ0v) is 14.5. The molecule has 1 aliphatic rings. The van der Waals surface area contributed by atoms with Gasteiger partial charge in [-0.25, -0.2) is 0 Å². The molecule has 25 heavy (non-hydrogen) atoms. The first-order valence-corrected chi connectivity index (χ1v) is 8.25. The second-order valence-electron chi connectivity index (χ2n) is 6.23. The number of Topliss-reactive ketones (excluding diaryl/α,β-unsaturated/α-hetero) is 1. The monoisotopic (exact) mass is 339 g/mol. The van der Waals surface area contributed by atoms with Crippen LogP contribution in [0.2, 0.25) is 0 Å². The summed E-state index contributed by atoms with van der Waals surface area (Å²) in [6.45, 7) is 2.67. The van der Waals surface area contributed by atoms with Crippen LogP contribution in [0.1, 0.15) is 34.3 Å². The van der Waals surface area contributed by atoms with E-state index in [1.165, 1.54) is 0 Å². The summed E-state index contributed by atoms with van der Waals surface area (Å²) in [5.74, 6) is 1.36. The van der Waals surface area contributed by atoms with Gasteiger partial charge in [0, 0.05) is 32.0 Å². The molecule has 0 saturated carbocycles. The minimum atomic E-state index is -0.0573. The number of nitrogens with zero attached hydrogens (tertiary/aromatic N) is 1. The molecule has 0 aromatic heterocycles. The van der Waals surface area contributed by atoms with E-state index in [-0.39, 0.29) is 31.3 Å². The number of rotatable bonds is 6. The van der Waals surface area contributed by atoms with Gasteiger partial charge in [0.25, 0.3) is 0 Å². The van der Waals surface area contributed by atoms with Crippen molar-refractivity contribution in [1.29, 1.82) is 0 Å². The standard InChI is InChI=1S/C20H21NO4/c1-14-3-6-16(7-4-14)17(22)8-10-20(23)21(2)12-15-5-9-18-19(11-15)25-13-24-18/h3-7,9,11H,8,10,12-13H2,1-2H3. The molecule has 0 atom stereocenters. The highest BCUT2D eigenvalue weighted by Gasteiger charge is 2.16. The predicted octanol–water partition coefficient (Wildman–Crippen LogP) is 3.35. The van der Waals surface area contributed by atoms with Crippen molar-refractivity contribution in [3.05, 3.63) is 59.2 Å². The number of benzene rings is 2. The fourth-order valence-corrected chi connectivity index (χ4v) is 2.70. The first-order chi connectivity index (χ1) is 12.0. The van der Waals surface area contributed by atoms with E-state index in [1.54, 1.807) is 24.1 Å². The van der Waals surface area contributed by atoms with E-state index in [0.717, 1.165) is 16.9 Å². The number of carbonyl (C=O) groups excluding carboxylic acids is 2. The number of hydrogen-bond acceptors (Lipinski definition) is 4. The highest BCUT2D eigenvalue weighted by atomic mass is 16.7. The molecule has 0 radical (unpaired) electrons. The third-order valence-corrected chi connectivity index (χ3v) is 4.22. The van der Waals surface area contributed by atoms with E-state index in [2.05, 4.69) is 0 Å². The lowest BCUT2D eigenvalue weighted by Gasteiger charge is -2.17. The summed E-state index contributed by atoms with van der Waals surface area (Å²) in [5, 5.41) is 0. The predicted molar refractivity (Wildman–Crippen MR) is 93.8 cm³/mol. The molecule has 130 valence electrons.